The Labute approximate surface area is 95.0 Å². The second-order valence-corrected chi connectivity index (χ2v) is 5.53. The van der Waals surface area contributed by atoms with E-state index in [1.54, 1.807) is 0 Å². The zero-order chi connectivity index (χ0) is 11.5. The molecule has 0 atom stereocenters. The molecular weight excluding hydrogens is 208 g/mol. The summed E-state index contributed by atoms with van der Waals surface area (Å²) in [5.74, 6) is -0.198. The molecule has 0 heterocycles. The number of thioether (sulfide) groups is 1. The van der Waals surface area contributed by atoms with Crippen LogP contribution >= 0.6 is 11.8 Å². The van der Waals surface area contributed by atoms with Crippen LogP contribution in [0.1, 0.15) is 19.4 Å². The van der Waals surface area contributed by atoms with Crippen molar-refractivity contribution in [3.63, 3.8) is 0 Å². The maximum atomic E-state index is 11.5. The van der Waals surface area contributed by atoms with Crippen LogP contribution in [-0.2, 0) is 9.53 Å². The van der Waals surface area contributed by atoms with Crippen molar-refractivity contribution < 1.29 is 9.53 Å². The van der Waals surface area contributed by atoms with Crippen LogP contribution in [0, 0.1) is 6.92 Å². The average molecular weight is 224 g/mol. The summed E-state index contributed by atoms with van der Waals surface area (Å²) >= 11 is 1.53. The van der Waals surface area contributed by atoms with Gasteiger partial charge in [0, 0.05) is 4.90 Å². The van der Waals surface area contributed by atoms with E-state index in [2.05, 4.69) is 0 Å². The molecule has 0 aromatic heterocycles. The molecule has 2 nitrogen and oxygen atoms in total. The molecule has 0 aliphatic heterocycles. The third-order valence-corrected chi connectivity index (χ3v) is 3.49. The van der Waals surface area contributed by atoms with Crippen molar-refractivity contribution in [2.75, 3.05) is 7.11 Å². The van der Waals surface area contributed by atoms with Crippen LogP contribution in [0.25, 0.3) is 0 Å². The quantitative estimate of drug-likeness (QED) is 0.583. The molecule has 0 N–H and O–H groups in total. The van der Waals surface area contributed by atoms with Gasteiger partial charge in [0.25, 0.3) is 0 Å². The summed E-state index contributed by atoms with van der Waals surface area (Å²) in [6.07, 6.45) is 0. The minimum absolute atomic E-state index is 0.198. The monoisotopic (exact) mass is 224 g/mol. The number of hydrogen-bond donors (Lipinski definition) is 0. The number of carbonyl (C=O) groups excluding carboxylic acids is 1. The smallest absolute Gasteiger partial charge is 0.321 e. The summed E-state index contributed by atoms with van der Waals surface area (Å²) in [6, 6.07) is 8.02. The molecule has 82 valence electrons. The largest absolute Gasteiger partial charge is 0.468 e. The summed E-state index contributed by atoms with van der Waals surface area (Å²) in [5, 5.41) is 0. The maximum absolute atomic E-state index is 11.5. The Balaban J connectivity index is 2.86. The zero-order valence-electron chi connectivity index (χ0n) is 9.53. The first-order chi connectivity index (χ1) is 6.97. The molecule has 0 aliphatic rings. The number of benzene rings is 1. The first-order valence-corrected chi connectivity index (χ1v) is 5.62. The van der Waals surface area contributed by atoms with Gasteiger partial charge in [0.2, 0.25) is 0 Å². The predicted molar refractivity (Wildman–Crippen MR) is 63.1 cm³/mol. The number of hydrogen-bond acceptors (Lipinski definition) is 3. The molecule has 0 fully saturated rings. The minimum Gasteiger partial charge on any atom is -0.468 e. The third kappa shape index (κ3) is 2.99. The Morgan fingerprint density at radius 2 is 1.93 bits per heavy atom. The Morgan fingerprint density at radius 3 is 2.47 bits per heavy atom. The molecule has 0 saturated carbocycles. The topological polar surface area (TPSA) is 26.3 Å². The first kappa shape index (κ1) is 12.1. The molecule has 0 bridgehead atoms. The first-order valence-electron chi connectivity index (χ1n) is 4.80. The maximum Gasteiger partial charge on any atom is 0.321 e. The van der Waals surface area contributed by atoms with E-state index < -0.39 is 4.75 Å². The van der Waals surface area contributed by atoms with E-state index in [9.17, 15) is 4.79 Å². The van der Waals surface area contributed by atoms with Crippen LogP contribution in [-0.4, -0.2) is 17.8 Å². The van der Waals surface area contributed by atoms with Crippen molar-refractivity contribution in [3.05, 3.63) is 29.8 Å². The van der Waals surface area contributed by atoms with Crippen molar-refractivity contribution >= 4 is 17.7 Å². The van der Waals surface area contributed by atoms with E-state index >= 15 is 0 Å². The van der Waals surface area contributed by atoms with Gasteiger partial charge in [-0.25, -0.2) is 0 Å². The van der Waals surface area contributed by atoms with Gasteiger partial charge in [-0.15, -0.1) is 11.8 Å². The van der Waals surface area contributed by atoms with Crippen LogP contribution < -0.4 is 0 Å². The fourth-order valence-electron chi connectivity index (χ4n) is 1.23. The van der Waals surface area contributed by atoms with Gasteiger partial charge in [0.15, 0.2) is 0 Å². The van der Waals surface area contributed by atoms with Gasteiger partial charge in [-0.05, 0) is 32.4 Å². The van der Waals surface area contributed by atoms with Crippen LogP contribution in [0.15, 0.2) is 29.2 Å². The van der Waals surface area contributed by atoms with Crippen LogP contribution in [0.5, 0.6) is 0 Å². The van der Waals surface area contributed by atoms with Crippen molar-refractivity contribution in [1.82, 2.24) is 0 Å². The fourth-order valence-corrected chi connectivity index (χ4v) is 2.33. The van der Waals surface area contributed by atoms with Crippen molar-refractivity contribution in [2.45, 2.75) is 30.4 Å². The van der Waals surface area contributed by atoms with Crippen molar-refractivity contribution in [1.29, 1.82) is 0 Å². The van der Waals surface area contributed by atoms with Gasteiger partial charge in [-0.1, -0.05) is 18.2 Å². The number of ether oxygens (including phenoxy) is 1. The number of carbonyl (C=O) groups is 1. The Morgan fingerprint density at radius 1 is 1.33 bits per heavy atom. The van der Waals surface area contributed by atoms with Crippen LogP contribution in [0.3, 0.4) is 0 Å². The number of rotatable bonds is 3. The summed E-state index contributed by atoms with van der Waals surface area (Å²) < 4.78 is 4.23. The van der Waals surface area contributed by atoms with Crippen molar-refractivity contribution in [3.8, 4) is 0 Å². The molecule has 1 aromatic rings. The molecule has 1 aromatic carbocycles. The van der Waals surface area contributed by atoms with E-state index in [-0.39, 0.29) is 5.97 Å². The second-order valence-electron chi connectivity index (χ2n) is 3.87. The molecular formula is C12H16O2S. The lowest BCUT2D eigenvalue weighted by molar-refractivity contribution is -0.142. The lowest BCUT2D eigenvalue weighted by Gasteiger charge is -2.21. The molecule has 0 radical (unpaired) electrons. The van der Waals surface area contributed by atoms with Gasteiger partial charge >= 0.3 is 5.97 Å². The second kappa shape index (κ2) is 4.71. The molecule has 0 aliphatic carbocycles. The molecule has 0 amide bonds. The highest BCUT2D eigenvalue weighted by molar-refractivity contribution is 8.01. The minimum atomic E-state index is -0.541. The van der Waals surface area contributed by atoms with E-state index in [0.717, 1.165) is 4.90 Å². The van der Waals surface area contributed by atoms with Gasteiger partial charge in [0.05, 0.1) is 7.11 Å². The lowest BCUT2D eigenvalue weighted by Crippen LogP contribution is -2.28. The van der Waals surface area contributed by atoms with Gasteiger partial charge in [0.1, 0.15) is 4.75 Å². The van der Waals surface area contributed by atoms with Crippen molar-refractivity contribution in [2.24, 2.45) is 0 Å². The summed E-state index contributed by atoms with van der Waals surface area (Å²) in [6.45, 7) is 5.78. The molecule has 15 heavy (non-hydrogen) atoms. The van der Waals surface area contributed by atoms with Gasteiger partial charge in [-0.3, -0.25) is 4.79 Å². The van der Waals surface area contributed by atoms with E-state index in [4.69, 9.17) is 4.74 Å². The molecule has 0 unspecified atom stereocenters. The lowest BCUT2D eigenvalue weighted by atomic mass is 10.2. The highest BCUT2D eigenvalue weighted by atomic mass is 32.2. The molecule has 1 rings (SSSR count). The summed E-state index contributed by atoms with van der Waals surface area (Å²) in [7, 11) is 1.42. The van der Waals surface area contributed by atoms with Crippen LogP contribution in [0.2, 0.25) is 0 Å². The highest BCUT2D eigenvalue weighted by Crippen LogP contribution is 2.34. The van der Waals surface area contributed by atoms with Gasteiger partial charge < -0.3 is 4.74 Å². The molecule has 0 spiro atoms. The standard InChI is InChI=1S/C12H16O2S/c1-9-7-5-6-8-10(9)15-12(2,3)11(13)14-4/h5-8H,1-4H3. The summed E-state index contributed by atoms with van der Waals surface area (Å²) in [5.41, 5.74) is 1.18. The fraction of sp³-hybridized carbons (Fsp3) is 0.417. The Hall–Kier alpha value is -0.960. The molecule has 0 saturated heterocycles. The number of esters is 1. The Bertz CT molecular complexity index is 358. The average Bonchev–Trinajstić information content (AvgIpc) is 2.20. The SMILES string of the molecule is COC(=O)C(C)(C)Sc1ccccc1C. The third-order valence-electron chi connectivity index (χ3n) is 2.14. The number of aryl methyl sites for hydroxylation is 1. The molecule has 3 heteroatoms. The van der Waals surface area contributed by atoms with Gasteiger partial charge in [-0.2, -0.15) is 0 Å². The van der Waals surface area contributed by atoms with Crippen LogP contribution in [0.4, 0.5) is 0 Å². The highest BCUT2D eigenvalue weighted by Gasteiger charge is 2.30. The van der Waals surface area contributed by atoms with E-state index in [0.29, 0.717) is 0 Å². The predicted octanol–water partition coefficient (Wildman–Crippen LogP) is 3.04. The summed E-state index contributed by atoms with van der Waals surface area (Å²) in [4.78, 5) is 12.6. The van der Waals surface area contributed by atoms with E-state index in [1.807, 2.05) is 45.0 Å². The van der Waals surface area contributed by atoms with E-state index in [1.165, 1.54) is 24.4 Å². The zero-order valence-corrected chi connectivity index (χ0v) is 10.4. The normalized spacial score (nSPS) is 11.2. The number of methoxy groups -OCH3 is 1. The Kier molecular flexibility index (Phi) is 3.80.